The molecule has 0 unspecified atom stereocenters. The summed E-state index contributed by atoms with van der Waals surface area (Å²) in [4.78, 5) is 16.1. The van der Waals surface area contributed by atoms with E-state index in [0.29, 0.717) is 19.1 Å². The van der Waals surface area contributed by atoms with Gasteiger partial charge < -0.3 is 14.5 Å². The molecule has 4 nitrogen and oxygen atoms in total. The van der Waals surface area contributed by atoms with Crippen LogP contribution in [0, 0.1) is 5.92 Å². The lowest BCUT2D eigenvalue weighted by atomic mass is 10.2. The molecule has 0 aromatic heterocycles. The van der Waals surface area contributed by atoms with E-state index in [1.54, 1.807) is 7.11 Å². The second-order valence-electron chi connectivity index (χ2n) is 4.81. The van der Waals surface area contributed by atoms with Crippen LogP contribution in [-0.2, 0) is 4.74 Å². The third kappa shape index (κ3) is 4.00. The molecule has 1 fully saturated rings. The molecule has 0 N–H and O–H groups in total. The van der Waals surface area contributed by atoms with Crippen LogP contribution in [0.1, 0.15) is 26.7 Å². The molecule has 0 aliphatic carbocycles. The summed E-state index contributed by atoms with van der Waals surface area (Å²) in [5, 5.41) is 0. The Hall–Kier alpha value is -0.770. The van der Waals surface area contributed by atoms with Crippen LogP contribution >= 0.6 is 0 Å². The predicted octanol–water partition coefficient (Wildman–Crippen LogP) is 1.81. The third-order valence-electron chi connectivity index (χ3n) is 2.80. The summed E-state index contributed by atoms with van der Waals surface area (Å²) in [6, 6.07) is 0.184. The van der Waals surface area contributed by atoms with Crippen molar-refractivity contribution < 1.29 is 9.53 Å². The van der Waals surface area contributed by atoms with Crippen molar-refractivity contribution in [2.24, 2.45) is 5.92 Å². The number of carbonyl (C=O) groups excluding carboxylic acids is 1. The number of likely N-dealkylation sites (tertiary alicyclic amines) is 1. The minimum Gasteiger partial charge on any atom is -0.383 e. The highest BCUT2D eigenvalue weighted by molar-refractivity contribution is 5.74. The van der Waals surface area contributed by atoms with Gasteiger partial charge in [0.15, 0.2) is 0 Å². The molecular weight excluding hydrogens is 204 g/mol. The molecule has 1 aliphatic rings. The second-order valence-corrected chi connectivity index (χ2v) is 4.81. The first-order valence-corrected chi connectivity index (χ1v) is 6.18. The lowest BCUT2D eigenvalue weighted by Gasteiger charge is -2.29. The van der Waals surface area contributed by atoms with Crippen molar-refractivity contribution in [2.45, 2.75) is 26.7 Å². The number of rotatable bonds is 5. The number of hydrogen-bond acceptors (Lipinski definition) is 2. The first kappa shape index (κ1) is 13.3. The van der Waals surface area contributed by atoms with Crippen molar-refractivity contribution >= 4 is 6.03 Å². The molecule has 0 saturated carbocycles. The van der Waals surface area contributed by atoms with Crippen molar-refractivity contribution in [1.29, 1.82) is 0 Å². The zero-order valence-electron chi connectivity index (χ0n) is 10.7. The van der Waals surface area contributed by atoms with Gasteiger partial charge in [0, 0.05) is 33.3 Å². The molecule has 4 heteroatoms. The van der Waals surface area contributed by atoms with E-state index in [1.807, 2.05) is 9.80 Å². The van der Waals surface area contributed by atoms with E-state index in [1.165, 1.54) is 0 Å². The third-order valence-corrected chi connectivity index (χ3v) is 2.80. The maximum Gasteiger partial charge on any atom is 0.320 e. The summed E-state index contributed by atoms with van der Waals surface area (Å²) in [7, 11) is 1.67. The Labute approximate surface area is 98.5 Å². The number of ether oxygens (including phenoxy) is 1. The van der Waals surface area contributed by atoms with Gasteiger partial charge in [0.2, 0.25) is 0 Å². The van der Waals surface area contributed by atoms with E-state index in [0.717, 1.165) is 32.5 Å². The lowest BCUT2D eigenvalue weighted by molar-refractivity contribution is 0.125. The number of nitrogens with zero attached hydrogens (tertiary/aromatic N) is 2. The van der Waals surface area contributed by atoms with Crippen LogP contribution in [0.5, 0.6) is 0 Å². The minimum atomic E-state index is 0.184. The second kappa shape index (κ2) is 6.74. The minimum absolute atomic E-state index is 0.184. The van der Waals surface area contributed by atoms with Gasteiger partial charge in [-0.25, -0.2) is 4.79 Å². The van der Waals surface area contributed by atoms with Crippen molar-refractivity contribution in [3.05, 3.63) is 0 Å². The van der Waals surface area contributed by atoms with Crippen LogP contribution < -0.4 is 0 Å². The molecule has 0 bridgehead atoms. The largest absolute Gasteiger partial charge is 0.383 e. The summed E-state index contributed by atoms with van der Waals surface area (Å²) < 4.78 is 5.05. The van der Waals surface area contributed by atoms with E-state index < -0.39 is 0 Å². The average Bonchev–Trinajstić information content (AvgIpc) is 2.76. The summed E-state index contributed by atoms with van der Waals surface area (Å²) in [5.41, 5.74) is 0. The molecule has 2 amide bonds. The Morgan fingerprint density at radius 3 is 2.50 bits per heavy atom. The fourth-order valence-corrected chi connectivity index (χ4v) is 2.02. The maximum atomic E-state index is 12.2. The smallest absolute Gasteiger partial charge is 0.320 e. The lowest BCUT2D eigenvalue weighted by Crippen LogP contribution is -2.44. The van der Waals surface area contributed by atoms with Crippen LogP contribution in [-0.4, -0.2) is 55.7 Å². The number of hydrogen-bond donors (Lipinski definition) is 0. The maximum absolute atomic E-state index is 12.2. The van der Waals surface area contributed by atoms with Crippen LogP contribution in [0.15, 0.2) is 0 Å². The standard InChI is InChI=1S/C12H24N2O2/c1-11(2)10-14(8-9-16-3)12(15)13-6-4-5-7-13/h11H,4-10H2,1-3H3. The van der Waals surface area contributed by atoms with E-state index in [4.69, 9.17) is 4.74 Å². The molecule has 0 radical (unpaired) electrons. The van der Waals surface area contributed by atoms with E-state index in [-0.39, 0.29) is 6.03 Å². The fourth-order valence-electron chi connectivity index (χ4n) is 2.02. The van der Waals surface area contributed by atoms with E-state index in [9.17, 15) is 4.79 Å². The number of urea groups is 1. The van der Waals surface area contributed by atoms with Crippen LogP contribution in [0.4, 0.5) is 4.79 Å². The van der Waals surface area contributed by atoms with Gasteiger partial charge in [-0.05, 0) is 18.8 Å². The molecule has 0 aromatic rings. The van der Waals surface area contributed by atoms with Gasteiger partial charge in [0.25, 0.3) is 0 Å². The van der Waals surface area contributed by atoms with E-state index >= 15 is 0 Å². The summed E-state index contributed by atoms with van der Waals surface area (Å²) >= 11 is 0. The molecule has 0 spiro atoms. The summed E-state index contributed by atoms with van der Waals surface area (Å²) in [6.07, 6.45) is 2.29. The normalized spacial score (nSPS) is 15.9. The number of methoxy groups -OCH3 is 1. The highest BCUT2D eigenvalue weighted by Gasteiger charge is 2.23. The quantitative estimate of drug-likeness (QED) is 0.719. The number of carbonyl (C=O) groups is 1. The van der Waals surface area contributed by atoms with Gasteiger partial charge in [-0.1, -0.05) is 13.8 Å². The Kier molecular flexibility index (Phi) is 5.60. The fraction of sp³-hybridized carbons (Fsp3) is 0.917. The van der Waals surface area contributed by atoms with Gasteiger partial charge in [0.1, 0.15) is 0 Å². The predicted molar refractivity (Wildman–Crippen MR) is 64.5 cm³/mol. The molecule has 94 valence electrons. The molecular formula is C12H24N2O2. The Bertz CT molecular complexity index is 213. The van der Waals surface area contributed by atoms with Crippen molar-refractivity contribution in [3.63, 3.8) is 0 Å². The molecule has 1 heterocycles. The first-order chi connectivity index (χ1) is 7.65. The van der Waals surface area contributed by atoms with Gasteiger partial charge in [-0.15, -0.1) is 0 Å². The highest BCUT2D eigenvalue weighted by atomic mass is 16.5. The molecule has 16 heavy (non-hydrogen) atoms. The van der Waals surface area contributed by atoms with Crippen LogP contribution in [0.3, 0.4) is 0 Å². The molecule has 1 saturated heterocycles. The SMILES string of the molecule is COCCN(CC(C)C)C(=O)N1CCCC1. The molecule has 1 aliphatic heterocycles. The average molecular weight is 228 g/mol. The zero-order valence-corrected chi connectivity index (χ0v) is 10.7. The van der Waals surface area contributed by atoms with Crippen LogP contribution in [0.25, 0.3) is 0 Å². The summed E-state index contributed by atoms with van der Waals surface area (Å²) in [6.45, 7) is 8.24. The van der Waals surface area contributed by atoms with Crippen molar-refractivity contribution in [2.75, 3.05) is 39.9 Å². The molecule has 0 atom stereocenters. The summed E-state index contributed by atoms with van der Waals surface area (Å²) in [5.74, 6) is 0.503. The van der Waals surface area contributed by atoms with Gasteiger partial charge in [-0.3, -0.25) is 0 Å². The molecule has 1 rings (SSSR count). The van der Waals surface area contributed by atoms with Gasteiger partial charge in [-0.2, -0.15) is 0 Å². The van der Waals surface area contributed by atoms with Crippen molar-refractivity contribution in [1.82, 2.24) is 9.80 Å². The van der Waals surface area contributed by atoms with Gasteiger partial charge >= 0.3 is 6.03 Å². The van der Waals surface area contributed by atoms with E-state index in [2.05, 4.69) is 13.8 Å². The highest BCUT2D eigenvalue weighted by Crippen LogP contribution is 2.11. The topological polar surface area (TPSA) is 32.8 Å². The Morgan fingerprint density at radius 2 is 2.00 bits per heavy atom. The van der Waals surface area contributed by atoms with Crippen molar-refractivity contribution in [3.8, 4) is 0 Å². The zero-order chi connectivity index (χ0) is 12.0. The molecule has 0 aromatic carbocycles. The number of amides is 2. The van der Waals surface area contributed by atoms with Gasteiger partial charge in [0.05, 0.1) is 6.61 Å². The Morgan fingerprint density at radius 1 is 1.38 bits per heavy atom. The van der Waals surface area contributed by atoms with Crippen LogP contribution in [0.2, 0.25) is 0 Å². The monoisotopic (exact) mass is 228 g/mol. The first-order valence-electron chi connectivity index (χ1n) is 6.18. The Balaban J connectivity index is 2.48.